The molecule has 1 atom stereocenters. The van der Waals surface area contributed by atoms with Gasteiger partial charge in [0.15, 0.2) is 0 Å². The first-order valence-corrected chi connectivity index (χ1v) is 7.62. The number of thiophene rings is 1. The van der Waals surface area contributed by atoms with E-state index in [9.17, 15) is 0 Å². The third-order valence-corrected chi connectivity index (χ3v) is 4.75. The maximum Gasteiger partial charge on any atom is 0.0960 e. The molecule has 0 radical (unpaired) electrons. The van der Waals surface area contributed by atoms with E-state index in [-0.39, 0.29) is 6.10 Å². The Hall–Kier alpha value is -1.16. The maximum absolute atomic E-state index is 5.86. The minimum Gasteiger partial charge on any atom is -0.372 e. The lowest BCUT2D eigenvalue weighted by Crippen LogP contribution is -2.24. The highest BCUT2D eigenvalue weighted by Crippen LogP contribution is 2.37. The standard InChI is InChI=1S/C16H19NOS/c1-17-11-14-13-10-16(19-15(13)8-9-18-14)12-6-4-2-3-5-7-12/h2,4-7,10,14,17H,3,8-9,11H2,1H3. The number of hydrogen-bond acceptors (Lipinski definition) is 3. The second kappa shape index (κ2) is 5.87. The highest BCUT2D eigenvalue weighted by atomic mass is 32.1. The van der Waals surface area contributed by atoms with E-state index in [1.54, 1.807) is 0 Å². The van der Waals surface area contributed by atoms with Gasteiger partial charge >= 0.3 is 0 Å². The van der Waals surface area contributed by atoms with Gasteiger partial charge in [-0.25, -0.2) is 0 Å². The van der Waals surface area contributed by atoms with Crippen LogP contribution in [-0.4, -0.2) is 20.2 Å². The van der Waals surface area contributed by atoms with Crippen molar-refractivity contribution >= 4 is 16.9 Å². The molecule has 0 fully saturated rings. The highest BCUT2D eigenvalue weighted by Gasteiger charge is 2.23. The Morgan fingerprint density at radius 3 is 3.26 bits per heavy atom. The number of rotatable bonds is 3. The second-order valence-electron chi connectivity index (χ2n) is 4.84. The van der Waals surface area contributed by atoms with Gasteiger partial charge in [0, 0.05) is 22.7 Å². The smallest absolute Gasteiger partial charge is 0.0960 e. The van der Waals surface area contributed by atoms with E-state index in [1.165, 1.54) is 20.9 Å². The Bertz CT molecular complexity index is 539. The fraction of sp³-hybridized carbons (Fsp3) is 0.375. The van der Waals surface area contributed by atoms with E-state index in [1.807, 2.05) is 18.4 Å². The van der Waals surface area contributed by atoms with E-state index in [0.717, 1.165) is 26.0 Å². The van der Waals surface area contributed by atoms with Gasteiger partial charge in [0.05, 0.1) is 12.7 Å². The van der Waals surface area contributed by atoms with Crippen LogP contribution in [0.15, 0.2) is 36.4 Å². The molecule has 1 aliphatic heterocycles. The van der Waals surface area contributed by atoms with Crippen molar-refractivity contribution in [3.05, 3.63) is 51.8 Å². The molecule has 3 heteroatoms. The molecule has 0 amide bonds. The molecule has 0 bridgehead atoms. The largest absolute Gasteiger partial charge is 0.372 e. The molecule has 1 aromatic heterocycles. The van der Waals surface area contributed by atoms with E-state index in [4.69, 9.17) is 4.74 Å². The Balaban J connectivity index is 1.93. The first-order valence-electron chi connectivity index (χ1n) is 6.81. The van der Waals surface area contributed by atoms with Crippen LogP contribution in [0.2, 0.25) is 0 Å². The van der Waals surface area contributed by atoms with Crippen LogP contribution in [0.5, 0.6) is 0 Å². The van der Waals surface area contributed by atoms with Crippen molar-refractivity contribution in [2.45, 2.75) is 18.9 Å². The maximum atomic E-state index is 5.86. The SMILES string of the molecule is CNCC1OCCc2sc(C3=CC=CCC=C3)cc21. The highest BCUT2D eigenvalue weighted by molar-refractivity contribution is 7.13. The fourth-order valence-corrected chi connectivity index (χ4v) is 3.73. The summed E-state index contributed by atoms with van der Waals surface area (Å²) in [4.78, 5) is 2.85. The molecule has 2 aliphatic rings. The summed E-state index contributed by atoms with van der Waals surface area (Å²) in [5.41, 5.74) is 2.69. The topological polar surface area (TPSA) is 21.3 Å². The van der Waals surface area contributed by atoms with Gasteiger partial charge in [-0.1, -0.05) is 30.4 Å². The average Bonchev–Trinajstić information content (AvgIpc) is 2.68. The van der Waals surface area contributed by atoms with Crippen molar-refractivity contribution in [2.24, 2.45) is 0 Å². The monoisotopic (exact) mass is 273 g/mol. The number of hydrogen-bond donors (Lipinski definition) is 1. The molecule has 19 heavy (non-hydrogen) atoms. The predicted octanol–water partition coefficient (Wildman–Crippen LogP) is 3.48. The molecule has 0 saturated heterocycles. The van der Waals surface area contributed by atoms with Gasteiger partial charge in [-0.2, -0.15) is 0 Å². The lowest BCUT2D eigenvalue weighted by atomic mass is 10.0. The van der Waals surface area contributed by atoms with Crippen LogP contribution in [0.25, 0.3) is 5.57 Å². The molecule has 1 unspecified atom stereocenters. The van der Waals surface area contributed by atoms with Crippen LogP contribution in [0, 0.1) is 0 Å². The van der Waals surface area contributed by atoms with Crippen LogP contribution in [0.4, 0.5) is 0 Å². The molecule has 0 saturated carbocycles. The molecule has 2 nitrogen and oxygen atoms in total. The summed E-state index contributed by atoms with van der Waals surface area (Å²) in [5.74, 6) is 0. The minimum absolute atomic E-state index is 0.213. The van der Waals surface area contributed by atoms with Crippen molar-refractivity contribution in [1.82, 2.24) is 5.32 Å². The van der Waals surface area contributed by atoms with Gasteiger partial charge in [-0.05, 0) is 30.7 Å². The Morgan fingerprint density at radius 2 is 2.37 bits per heavy atom. The Morgan fingerprint density at radius 1 is 1.42 bits per heavy atom. The van der Waals surface area contributed by atoms with Gasteiger partial charge in [0.2, 0.25) is 0 Å². The van der Waals surface area contributed by atoms with Crippen LogP contribution < -0.4 is 5.32 Å². The van der Waals surface area contributed by atoms with Gasteiger partial charge in [-0.3, -0.25) is 0 Å². The normalized spacial score (nSPS) is 21.9. The Labute approximate surface area is 118 Å². The van der Waals surface area contributed by atoms with Crippen LogP contribution in [-0.2, 0) is 11.2 Å². The molecule has 1 N–H and O–H groups in total. The first kappa shape index (κ1) is 12.9. The third kappa shape index (κ3) is 2.73. The summed E-state index contributed by atoms with van der Waals surface area (Å²) in [6, 6.07) is 2.32. The number of allylic oxidation sites excluding steroid dienone is 6. The van der Waals surface area contributed by atoms with Crippen molar-refractivity contribution in [3.63, 3.8) is 0 Å². The van der Waals surface area contributed by atoms with Crippen LogP contribution >= 0.6 is 11.3 Å². The summed E-state index contributed by atoms with van der Waals surface area (Å²) >= 11 is 1.92. The predicted molar refractivity (Wildman–Crippen MR) is 81.5 cm³/mol. The van der Waals surface area contributed by atoms with Gasteiger partial charge < -0.3 is 10.1 Å². The first-order chi connectivity index (χ1) is 9.38. The molecular weight excluding hydrogens is 254 g/mol. The molecule has 2 heterocycles. The molecule has 0 spiro atoms. The summed E-state index contributed by atoms with van der Waals surface area (Å²) in [7, 11) is 1.98. The quantitative estimate of drug-likeness (QED) is 0.910. The average molecular weight is 273 g/mol. The molecule has 0 aromatic carbocycles. The summed E-state index contributed by atoms with van der Waals surface area (Å²) in [5, 5.41) is 3.22. The zero-order valence-electron chi connectivity index (χ0n) is 11.2. The molecular formula is C16H19NOS. The molecule has 3 rings (SSSR count). The Kier molecular flexibility index (Phi) is 3.97. The van der Waals surface area contributed by atoms with Crippen molar-refractivity contribution < 1.29 is 4.74 Å². The summed E-state index contributed by atoms with van der Waals surface area (Å²) < 4.78 is 5.86. The van der Waals surface area contributed by atoms with Gasteiger partial charge in [0.1, 0.15) is 0 Å². The summed E-state index contributed by atoms with van der Waals surface area (Å²) in [6.07, 6.45) is 13.3. The van der Waals surface area contributed by atoms with E-state index >= 15 is 0 Å². The number of likely N-dealkylation sites (N-methyl/N-ethyl adjacent to an activating group) is 1. The molecule has 100 valence electrons. The van der Waals surface area contributed by atoms with Gasteiger partial charge in [0.25, 0.3) is 0 Å². The zero-order valence-corrected chi connectivity index (χ0v) is 12.0. The lowest BCUT2D eigenvalue weighted by Gasteiger charge is -2.22. The number of fused-ring (bicyclic) bond motifs is 1. The minimum atomic E-state index is 0.213. The number of ether oxygens (including phenoxy) is 1. The zero-order chi connectivity index (χ0) is 13.1. The number of nitrogens with one attached hydrogen (secondary N) is 1. The van der Waals surface area contributed by atoms with Gasteiger partial charge in [-0.15, -0.1) is 11.3 Å². The third-order valence-electron chi connectivity index (χ3n) is 3.49. The van der Waals surface area contributed by atoms with E-state index in [0.29, 0.717) is 0 Å². The van der Waals surface area contributed by atoms with Crippen LogP contribution in [0.3, 0.4) is 0 Å². The van der Waals surface area contributed by atoms with Crippen molar-refractivity contribution in [1.29, 1.82) is 0 Å². The summed E-state index contributed by atoms with van der Waals surface area (Å²) in [6.45, 7) is 1.73. The fourth-order valence-electron chi connectivity index (χ4n) is 2.53. The lowest BCUT2D eigenvalue weighted by molar-refractivity contribution is 0.0451. The molecule has 1 aliphatic carbocycles. The molecule has 1 aromatic rings. The van der Waals surface area contributed by atoms with Crippen LogP contribution in [0.1, 0.15) is 27.8 Å². The van der Waals surface area contributed by atoms with E-state index < -0.39 is 0 Å². The second-order valence-corrected chi connectivity index (χ2v) is 5.98. The van der Waals surface area contributed by atoms with Crippen molar-refractivity contribution in [3.8, 4) is 0 Å². The van der Waals surface area contributed by atoms with Crippen molar-refractivity contribution in [2.75, 3.05) is 20.2 Å². The van der Waals surface area contributed by atoms with E-state index in [2.05, 4.69) is 41.8 Å².